The van der Waals surface area contributed by atoms with Gasteiger partial charge in [0.1, 0.15) is 0 Å². The predicted molar refractivity (Wildman–Crippen MR) is 64.8 cm³/mol. The zero-order valence-electron chi connectivity index (χ0n) is 10.3. The number of nitrogens with one attached hydrogen (secondary N) is 1. The fourth-order valence-electron chi connectivity index (χ4n) is 2.06. The van der Waals surface area contributed by atoms with Gasteiger partial charge in [-0.05, 0) is 18.1 Å². The number of imide groups is 1. The molecular formula is C12H17N3O3. The van der Waals surface area contributed by atoms with Crippen LogP contribution in [-0.2, 0) is 4.79 Å². The molecule has 0 radical (unpaired) electrons. The molecule has 1 aliphatic heterocycles. The van der Waals surface area contributed by atoms with Crippen molar-refractivity contribution in [3.05, 3.63) is 24.2 Å². The summed E-state index contributed by atoms with van der Waals surface area (Å²) in [5.74, 6) is -0.340. The molecule has 2 unspecified atom stereocenters. The van der Waals surface area contributed by atoms with E-state index < -0.39 is 5.91 Å². The van der Waals surface area contributed by atoms with Crippen LogP contribution in [0.2, 0.25) is 0 Å². The van der Waals surface area contributed by atoms with Crippen LogP contribution in [0.15, 0.2) is 22.8 Å². The summed E-state index contributed by atoms with van der Waals surface area (Å²) in [4.78, 5) is 25.2. The van der Waals surface area contributed by atoms with E-state index in [1.54, 1.807) is 6.07 Å². The van der Waals surface area contributed by atoms with Crippen molar-refractivity contribution in [3.63, 3.8) is 0 Å². The summed E-state index contributed by atoms with van der Waals surface area (Å²) in [7, 11) is 0. The first kappa shape index (κ1) is 12.8. The number of nitrogens with two attached hydrogens (primary N) is 1. The zero-order chi connectivity index (χ0) is 13.1. The third-order valence-corrected chi connectivity index (χ3v) is 3.11. The number of rotatable bonds is 3. The average molecular weight is 251 g/mol. The summed E-state index contributed by atoms with van der Waals surface area (Å²) in [5, 5.41) is 2.28. The third-order valence-electron chi connectivity index (χ3n) is 3.11. The predicted octanol–water partition coefficient (Wildman–Crippen LogP) is -0.185. The number of amides is 2. The van der Waals surface area contributed by atoms with Crippen molar-refractivity contribution in [3.8, 4) is 0 Å². The lowest BCUT2D eigenvalue weighted by atomic mass is 10.1. The Morgan fingerprint density at radius 1 is 1.56 bits per heavy atom. The fraction of sp³-hybridized carbons (Fsp3) is 0.500. The fourth-order valence-corrected chi connectivity index (χ4v) is 2.06. The third kappa shape index (κ3) is 2.96. The Hall–Kier alpha value is -1.66. The summed E-state index contributed by atoms with van der Waals surface area (Å²) in [6.07, 6.45) is 1.39. The van der Waals surface area contributed by atoms with Crippen LogP contribution in [-0.4, -0.2) is 42.4 Å². The first-order valence-electron chi connectivity index (χ1n) is 5.92. The van der Waals surface area contributed by atoms with Crippen LogP contribution in [0.25, 0.3) is 0 Å². The quantitative estimate of drug-likeness (QED) is 0.777. The molecule has 1 aliphatic rings. The smallest absolute Gasteiger partial charge is 0.293 e. The lowest BCUT2D eigenvalue weighted by Gasteiger charge is -2.13. The first-order chi connectivity index (χ1) is 8.56. The Labute approximate surface area is 105 Å². The van der Waals surface area contributed by atoms with Crippen molar-refractivity contribution in [2.45, 2.75) is 13.0 Å². The minimum absolute atomic E-state index is 0.0959. The molecule has 0 saturated carbocycles. The zero-order valence-corrected chi connectivity index (χ0v) is 10.3. The second-order valence-corrected chi connectivity index (χ2v) is 4.69. The van der Waals surface area contributed by atoms with Crippen molar-refractivity contribution in [2.75, 3.05) is 19.6 Å². The molecule has 0 aromatic carbocycles. The van der Waals surface area contributed by atoms with E-state index in [1.165, 1.54) is 12.3 Å². The molecule has 0 bridgehead atoms. The van der Waals surface area contributed by atoms with Gasteiger partial charge in [-0.15, -0.1) is 0 Å². The van der Waals surface area contributed by atoms with Gasteiger partial charge in [0, 0.05) is 19.1 Å². The SMILES string of the molecule is CC1CN(CC(=O)NC(=O)c2ccco2)CC1N. The van der Waals surface area contributed by atoms with Gasteiger partial charge in [-0.3, -0.25) is 19.8 Å². The van der Waals surface area contributed by atoms with Gasteiger partial charge in [0.2, 0.25) is 5.91 Å². The number of furan rings is 1. The van der Waals surface area contributed by atoms with Crippen molar-refractivity contribution in [1.82, 2.24) is 10.2 Å². The average Bonchev–Trinajstić information content (AvgIpc) is 2.89. The number of carbonyl (C=O) groups is 2. The Bertz CT molecular complexity index is 420. The van der Waals surface area contributed by atoms with E-state index in [0.717, 1.165) is 6.54 Å². The Morgan fingerprint density at radius 3 is 2.89 bits per heavy atom. The van der Waals surface area contributed by atoms with Crippen LogP contribution in [0.5, 0.6) is 0 Å². The molecule has 1 fully saturated rings. The van der Waals surface area contributed by atoms with Crippen molar-refractivity contribution in [2.24, 2.45) is 11.7 Å². The molecule has 1 aromatic rings. The second kappa shape index (κ2) is 5.32. The topological polar surface area (TPSA) is 88.6 Å². The van der Waals surface area contributed by atoms with E-state index in [1.807, 2.05) is 4.90 Å². The molecule has 6 nitrogen and oxygen atoms in total. The standard InChI is InChI=1S/C12H17N3O3/c1-8-5-15(6-9(8)13)7-11(16)14-12(17)10-3-2-4-18-10/h2-4,8-9H,5-7,13H2,1H3,(H,14,16,17). The van der Waals surface area contributed by atoms with Gasteiger partial charge in [-0.1, -0.05) is 6.92 Å². The maximum absolute atomic E-state index is 11.7. The minimum Gasteiger partial charge on any atom is -0.459 e. The highest BCUT2D eigenvalue weighted by atomic mass is 16.3. The van der Waals surface area contributed by atoms with Gasteiger partial charge in [-0.25, -0.2) is 0 Å². The maximum atomic E-state index is 11.7. The first-order valence-corrected chi connectivity index (χ1v) is 5.92. The molecule has 6 heteroatoms. The Balaban J connectivity index is 1.81. The molecular weight excluding hydrogens is 234 g/mol. The molecule has 98 valence electrons. The highest BCUT2D eigenvalue weighted by Crippen LogP contribution is 2.13. The highest BCUT2D eigenvalue weighted by molar-refractivity contribution is 6.03. The van der Waals surface area contributed by atoms with Gasteiger partial charge < -0.3 is 10.2 Å². The van der Waals surface area contributed by atoms with Gasteiger partial charge in [0.15, 0.2) is 5.76 Å². The largest absolute Gasteiger partial charge is 0.459 e. The van der Waals surface area contributed by atoms with Crippen LogP contribution in [0.3, 0.4) is 0 Å². The van der Waals surface area contributed by atoms with Gasteiger partial charge in [0.05, 0.1) is 12.8 Å². The van der Waals surface area contributed by atoms with Crippen molar-refractivity contribution in [1.29, 1.82) is 0 Å². The number of carbonyl (C=O) groups excluding carboxylic acids is 2. The van der Waals surface area contributed by atoms with Crippen LogP contribution in [0.4, 0.5) is 0 Å². The van der Waals surface area contributed by atoms with Gasteiger partial charge in [-0.2, -0.15) is 0 Å². The molecule has 2 heterocycles. The molecule has 2 rings (SSSR count). The molecule has 3 N–H and O–H groups in total. The number of hydrogen-bond donors (Lipinski definition) is 2. The summed E-state index contributed by atoms with van der Waals surface area (Å²) >= 11 is 0. The highest BCUT2D eigenvalue weighted by Gasteiger charge is 2.28. The molecule has 1 saturated heterocycles. The molecule has 2 amide bonds. The number of hydrogen-bond acceptors (Lipinski definition) is 5. The molecule has 2 atom stereocenters. The summed E-state index contributed by atoms with van der Waals surface area (Å²) < 4.78 is 4.90. The summed E-state index contributed by atoms with van der Waals surface area (Å²) in [5.41, 5.74) is 5.87. The van der Waals surface area contributed by atoms with E-state index in [0.29, 0.717) is 12.5 Å². The number of nitrogens with zero attached hydrogens (tertiary/aromatic N) is 1. The Kier molecular flexibility index (Phi) is 3.78. The maximum Gasteiger partial charge on any atom is 0.293 e. The van der Waals surface area contributed by atoms with E-state index in [2.05, 4.69) is 12.2 Å². The van der Waals surface area contributed by atoms with E-state index >= 15 is 0 Å². The monoisotopic (exact) mass is 251 g/mol. The van der Waals surface area contributed by atoms with Crippen LogP contribution < -0.4 is 11.1 Å². The van der Waals surface area contributed by atoms with Crippen LogP contribution in [0, 0.1) is 5.92 Å². The van der Waals surface area contributed by atoms with Crippen LogP contribution >= 0.6 is 0 Å². The molecule has 0 spiro atoms. The summed E-state index contributed by atoms with van der Waals surface area (Å²) in [6, 6.07) is 3.20. The lowest BCUT2D eigenvalue weighted by Crippen LogP contribution is -2.39. The van der Waals surface area contributed by atoms with E-state index in [9.17, 15) is 9.59 Å². The molecule has 0 aliphatic carbocycles. The van der Waals surface area contributed by atoms with Crippen molar-refractivity contribution < 1.29 is 14.0 Å². The van der Waals surface area contributed by atoms with Gasteiger partial charge >= 0.3 is 0 Å². The molecule has 1 aromatic heterocycles. The normalized spacial score (nSPS) is 24.1. The minimum atomic E-state index is -0.512. The van der Waals surface area contributed by atoms with Gasteiger partial charge in [0.25, 0.3) is 5.91 Å². The molecule has 18 heavy (non-hydrogen) atoms. The second-order valence-electron chi connectivity index (χ2n) is 4.69. The lowest BCUT2D eigenvalue weighted by molar-refractivity contribution is -0.121. The van der Waals surface area contributed by atoms with Crippen LogP contribution in [0.1, 0.15) is 17.5 Å². The van der Waals surface area contributed by atoms with E-state index in [4.69, 9.17) is 10.2 Å². The summed E-state index contributed by atoms with van der Waals surface area (Å²) in [6.45, 7) is 3.70. The Morgan fingerprint density at radius 2 is 2.33 bits per heavy atom. The van der Waals surface area contributed by atoms with E-state index in [-0.39, 0.29) is 24.3 Å². The van der Waals surface area contributed by atoms with Crippen molar-refractivity contribution >= 4 is 11.8 Å². The number of likely N-dealkylation sites (tertiary alicyclic amines) is 1.